The molecule has 0 fully saturated rings. The fourth-order valence-electron chi connectivity index (χ4n) is 7.52. The number of benzene rings is 6. The van der Waals surface area contributed by atoms with Gasteiger partial charge in [-0.15, -0.1) is 0 Å². The maximum atomic E-state index is 6.79. The molecule has 1 aliphatic carbocycles. The van der Waals surface area contributed by atoms with Crippen molar-refractivity contribution in [2.45, 2.75) is 38.5 Å². The van der Waals surface area contributed by atoms with Gasteiger partial charge in [-0.3, -0.25) is 0 Å². The SMILES string of the molecule is CC1(C)c2ccccc2-c2cc3c(cc2C1(C)C)oc1c2ccccc2c(-c2nc(-c4ccccc4)c4ccccc4n2)cc31. The quantitative estimate of drug-likeness (QED) is 0.204. The van der Waals surface area contributed by atoms with Crippen molar-refractivity contribution in [2.24, 2.45) is 0 Å². The summed E-state index contributed by atoms with van der Waals surface area (Å²) in [6.45, 7) is 9.46. The van der Waals surface area contributed by atoms with Crippen LogP contribution in [0, 0.1) is 0 Å². The van der Waals surface area contributed by atoms with Crippen molar-refractivity contribution in [3.05, 3.63) is 132 Å². The molecular weight excluding hydrogens is 548 g/mol. The Labute approximate surface area is 262 Å². The molecule has 0 saturated carbocycles. The first kappa shape index (κ1) is 26.2. The summed E-state index contributed by atoms with van der Waals surface area (Å²) < 4.78 is 6.79. The lowest BCUT2D eigenvalue weighted by molar-refractivity contribution is 0.299. The Hall–Kier alpha value is -5.28. The maximum Gasteiger partial charge on any atom is 0.161 e. The summed E-state index contributed by atoms with van der Waals surface area (Å²) in [6, 6.07) is 43.0. The lowest BCUT2D eigenvalue weighted by Crippen LogP contribution is -2.43. The zero-order chi connectivity index (χ0) is 30.5. The molecule has 6 aromatic carbocycles. The van der Waals surface area contributed by atoms with Gasteiger partial charge in [0.05, 0.1) is 11.2 Å². The molecule has 0 spiro atoms. The van der Waals surface area contributed by atoms with Gasteiger partial charge in [0.2, 0.25) is 0 Å². The summed E-state index contributed by atoms with van der Waals surface area (Å²) in [4.78, 5) is 10.4. The first-order valence-electron chi connectivity index (χ1n) is 15.7. The van der Waals surface area contributed by atoms with E-state index in [1.807, 2.05) is 12.1 Å². The second-order valence-electron chi connectivity index (χ2n) is 13.4. The summed E-state index contributed by atoms with van der Waals surface area (Å²) in [6.07, 6.45) is 0. The number of nitrogens with zero attached hydrogens (tertiary/aromatic N) is 2. The summed E-state index contributed by atoms with van der Waals surface area (Å²) in [5, 5.41) is 5.39. The van der Waals surface area contributed by atoms with E-state index in [-0.39, 0.29) is 10.8 Å². The lowest BCUT2D eigenvalue weighted by Gasteiger charge is -2.48. The molecule has 0 unspecified atom stereocenters. The first-order chi connectivity index (χ1) is 21.8. The smallest absolute Gasteiger partial charge is 0.161 e. The molecule has 8 aromatic rings. The summed E-state index contributed by atoms with van der Waals surface area (Å²) in [5.41, 5.74) is 10.9. The van der Waals surface area contributed by atoms with Gasteiger partial charge in [0.1, 0.15) is 11.2 Å². The van der Waals surface area contributed by atoms with Crippen molar-refractivity contribution in [1.82, 2.24) is 9.97 Å². The molecule has 0 aliphatic heterocycles. The van der Waals surface area contributed by atoms with E-state index >= 15 is 0 Å². The zero-order valence-corrected chi connectivity index (χ0v) is 25.8. The molecule has 3 heteroatoms. The normalized spacial score (nSPS) is 15.0. The number of hydrogen-bond donors (Lipinski definition) is 0. The van der Waals surface area contributed by atoms with E-state index in [0.29, 0.717) is 5.82 Å². The summed E-state index contributed by atoms with van der Waals surface area (Å²) >= 11 is 0. The van der Waals surface area contributed by atoms with Crippen LogP contribution in [0.5, 0.6) is 0 Å². The average molecular weight is 581 g/mol. The molecule has 0 atom stereocenters. The first-order valence-corrected chi connectivity index (χ1v) is 15.7. The van der Waals surface area contributed by atoms with Crippen molar-refractivity contribution in [3.8, 4) is 33.8 Å². The van der Waals surface area contributed by atoms with Gasteiger partial charge >= 0.3 is 0 Å². The van der Waals surface area contributed by atoms with Gasteiger partial charge in [0.25, 0.3) is 0 Å². The van der Waals surface area contributed by atoms with E-state index in [2.05, 4.69) is 137 Å². The van der Waals surface area contributed by atoms with Crippen LogP contribution < -0.4 is 0 Å². The Kier molecular flexibility index (Phi) is 5.30. The van der Waals surface area contributed by atoms with Gasteiger partial charge in [0, 0.05) is 32.7 Å². The Morgan fingerprint density at radius 3 is 1.96 bits per heavy atom. The van der Waals surface area contributed by atoms with Crippen molar-refractivity contribution in [1.29, 1.82) is 0 Å². The monoisotopic (exact) mass is 580 g/mol. The zero-order valence-electron chi connectivity index (χ0n) is 25.8. The molecule has 0 amide bonds. The third-order valence-corrected chi connectivity index (χ3v) is 10.6. The van der Waals surface area contributed by atoms with Gasteiger partial charge in [-0.1, -0.05) is 125 Å². The third-order valence-electron chi connectivity index (χ3n) is 10.6. The van der Waals surface area contributed by atoms with E-state index < -0.39 is 0 Å². The van der Waals surface area contributed by atoms with Gasteiger partial charge in [-0.2, -0.15) is 0 Å². The summed E-state index contributed by atoms with van der Waals surface area (Å²) in [5.74, 6) is 0.714. The molecule has 0 N–H and O–H groups in total. The second kappa shape index (κ2) is 9.12. The number of para-hydroxylation sites is 1. The number of hydrogen-bond acceptors (Lipinski definition) is 3. The third kappa shape index (κ3) is 3.58. The predicted molar refractivity (Wildman–Crippen MR) is 187 cm³/mol. The van der Waals surface area contributed by atoms with Crippen LogP contribution in [0.15, 0.2) is 126 Å². The minimum absolute atomic E-state index is 0.0416. The second-order valence-corrected chi connectivity index (χ2v) is 13.4. The van der Waals surface area contributed by atoms with Crippen molar-refractivity contribution < 1.29 is 4.42 Å². The largest absolute Gasteiger partial charge is 0.455 e. The highest BCUT2D eigenvalue weighted by molar-refractivity contribution is 6.19. The fourth-order valence-corrected chi connectivity index (χ4v) is 7.52. The Balaban J connectivity index is 1.37. The maximum absolute atomic E-state index is 6.79. The number of furan rings is 1. The Morgan fingerprint density at radius 2 is 1.13 bits per heavy atom. The van der Waals surface area contributed by atoms with E-state index in [0.717, 1.165) is 60.4 Å². The molecule has 1 aliphatic rings. The molecule has 0 bridgehead atoms. The molecule has 2 heterocycles. The molecular formula is C42H32N2O. The predicted octanol–water partition coefficient (Wildman–Crippen LogP) is 11.3. The highest BCUT2D eigenvalue weighted by Gasteiger charge is 2.46. The Morgan fingerprint density at radius 1 is 0.489 bits per heavy atom. The van der Waals surface area contributed by atoms with Crippen LogP contribution >= 0.6 is 0 Å². The molecule has 0 radical (unpaired) electrons. The van der Waals surface area contributed by atoms with Crippen LogP contribution in [0.25, 0.3) is 77.4 Å². The van der Waals surface area contributed by atoms with Crippen LogP contribution in [0.4, 0.5) is 0 Å². The minimum Gasteiger partial charge on any atom is -0.455 e. The van der Waals surface area contributed by atoms with Crippen LogP contribution in [-0.4, -0.2) is 9.97 Å². The molecule has 9 rings (SSSR count). The van der Waals surface area contributed by atoms with Crippen LogP contribution in [0.2, 0.25) is 0 Å². The lowest BCUT2D eigenvalue weighted by atomic mass is 9.55. The molecule has 45 heavy (non-hydrogen) atoms. The van der Waals surface area contributed by atoms with Crippen molar-refractivity contribution in [2.75, 3.05) is 0 Å². The Bertz CT molecular complexity index is 2480. The molecule has 3 nitrogen and oxygen atoms in total. The van der Waals surface area contributed by atoms with E-state index in [1.54, 1.807) is 0 Å². The van der Waals surface area contributed by atoms with E-state index in [9.17, 15) is 0 Å². The number of aromatic nitrogens is 2. The van der Waals surface area contributed by atoms with Crippen LogP contribution in [0.1, 0.15) is 38.8 Å². The standard InChI is InChI=1S/C42H32N2O/c1-41(2)34-20-12-10-17-27(34)30-22-31-32-23-33(26-16-8-9-18-28(26)39(32)45-37(31)24-35(30)42(41,3)4)40-43-36-21-13-11-19-29(36)38(44-40)25-14-6-5-7-15-25/h5-24H,1-4H3. The minimum atomic E-state index is -0.0934. The topological polar surface area (TPSA) is 38.9 Å². The van der Waals surface area contributed by atoms with Crippen LogP contribution in [-0.2, 0) is 10.8 Å². The highest BCUT2D eigenvalue weighted by atomic mass is 16.3. The van der Waals surface area contributed by atoms with Crippen molar-refractivity contribution in [3.63, 3.8) is 0 Å². The number of rotatable bonds is 2. The highest BCUT2D eigenvalue weighted by Crippen LogP contribution is 2.55. The average Bonchev–Trinajstić information content (AvgIpc) is 3.44. The fraction of sp³-hybridized carbons (Fsp3) is 0.143. The van der Waals surface area contributed by atoms with E-state index in [1.165, 1.54) is 22.3 Å². The molecule has 216 valence electrons. The van der Waals surface area contributed by atoms with Crippen LogP contribution in [0.3, 0.4) is 0 Å². The molecule has 0 saturated heterocycles. The van der Waals surface area contributed by atoms with Gasteiger partial charge in [-0.05, 0) is 62.7 Å². The van der Waals surface area contributed by atoms with Gasteiger partial charge in [-0.25, -0.2) is 9.97 Å². The summed E-state index contributed by atoms with van der Waals surface area (Å²) in [7, 11) is 0. The number of fused-ring (bicyclic) bond motifs is 9. The van der Waals surface area contributed by atoms with Gasteiger partial charge in [0.15, 0.2) is 5.82 Å². The van der Waals surface area contributed by atoms with Gasteiger partial charge < -0.3 is 4.42 Å². The molecule has 2 aromatic heterocycles. The van der Waals surface area contributed by atoms with E-state index in [4.69, 9.17) is 14.4 Å². The van der Waals surface area contributed by atoms with Crippen molar-refractivity contribution >= 4 is 43.6 Å².